The van der Waals surface area contributed by atoms with Gasteiger partial charge >= 0.3 is 0 Å². The van der Waals surface area contributed by atoms with Crippen LogP contribution < -0.4 is 15.8 Å². The molecule has 0 atom stereocenters. The summed E-state index contributed by atoms with van der Waals surface area (Å²) in [5, 5.41) is 3.66. The van der Waals surface area contributed by atoms with Gasteiger partial charge in [0.15, 0.2) is 0 Å². The lowest BCUT2D eigenvalue weighted by atomic mass is 10.1. The quantitative estimate of drug-likeness (QED) is 0.699. The lowest BCUT2D eigenvalue weighted by Crippen LogP contribution is -2.33. The van der Waals surface area contributed by atoms with Gasteiger partial charge in [0.05, 0.1) is 16.6 Å². The normalized spacial score (nSPS) is 16.9. The standard InChI is InChI=1S/C25H28N4O2/c1-17-7-6-10-20(15-17)29-24(31)21-12-11-18(23(30)26-19-8-2-3-9-19)16-22(21)27-25(29)28-13-4-5-14-28/h6-7,10-12,15-16,19H,2-5,8-9,13-14H2,1H3,(H,26,30). The van der Waals surface area contributed by atoms with E-state index in [4.69, 9.17) is 4.98 Å². The average Bonchev–Trinajstić information content (AvgIpc) is 3.47. The minimum absolute atomic E-state index is 0.0822. The molecule has 2 aromatic carbocycles. The SMILES string of the molecule is Cc1cccc(-n2c(N3CCCC3)nc3cc(C(=O)NC4CCCC4)ccc3c2=O)c1. The smallest absolute Gasteiger partial charge is 0.267 e. The molecule has 1 aliphatic heterocycles. The monoisotopic (exact) mass is 416 g/mol. The highest BCUT2D eigenvalue weighted by Crippen LogP contribution is 2.24. The summed E-state index contributed by atoms with van der Waals surface area (Å²) in [6.45, 7) is 3.78. The molecule has 0 unspecified atom stereocenters. The first-order valence-corrected chi connectivity index (χ1v) is 11.3. The summed E-state index contributed by atoms with van der Waals surface area (Å²) in [7, 11) is 0. The number of benzene rings is 2. The van der Waals surface area contributed by atoms with Crippen LogP contribution in [-0.4, -0.2) is 34.6 Å². The summed E-state index contributed by atoms with van der Waals surface area (Å²) in [4.78, 5) is 33.4. The molecule has 0 spiro atoms. The lowest BCUT2D eigenvalue weighted by Gasteiger charge is -2.22. The maximum Gasteiger partial charge on any atom is 0.267 e. The number of nitrogens with zero attached hydrogens (tertiary/aromatic N) is 3. The van der Waals surface area contributed by atoms with E-state index in [0.29, 0.717) is 22.4 Å². The predicted molar refractivity (Wildman–Crippen MR) is 123 cm³/mol. The highest BCUT2D eigenvalue weighted by Gasteiger charge is 2.23. The third-order valence-corrected chi connectivity index (χ3v) is 6.45. The van der Waals surface area contributed by atoms with Gasteiger partial charge in [-0.3, -0.25) is 9.59 Å². The fourth-order valence-corrected chi connectivity index (χ4v) is 4.78. The van der Waals surface area contributed by atoms with Crippen LogP contribution in [0.2, 0.25) is 0 Å². The lowest BCUT2D eigenvalue weighted by molar-refractivity contribution is 0.0938. The van der Waals surface area contributed by atoms with Crippen LogP contribution in [-0.2, 0) is 0 Å². The Bertz CT molecular complexity index is 1190. The van der Waals surface area contributed by atoms with Gasteiger partial charge < -0.3 is 10.2 Å². The van der Waals surface area contributed by atoms with Crippen molar-refractivity contribution < 1.29 is 4.79 Å². The highest BCUT2D eigenvalue weighted by atomic mass is 16.1. The maximum absolute atomic E-state index is 13.6. The largest absolute Gasteiger partial charge is 0.349 e. The van der Waals surface area contributed by atoms with Gasteiger partial charge in [-0.25, -0.2) is 9.55 Å². The summed E-state index contributed by atoms with van der Waals surface area (Å²) in [5.41, 5.74) is 2.96. The second-order valence-electron chi connectivity index (χ2n) is 8.77. The van der Waals surface area contributed by atoms with Gasteiger partial charge in [-0.2, -0.15) is 0 Å². The molecule has 160 valence electrons. The number of carbonyl (C=O) groups is 1. The highest BCUT2D eigenvalue weighted by molar-refractivity contribution is 5.98. The van der Waals surface area contributed by atoms with Crippen molar-refractivity contribution in [2.75, 3.05) is 18.0 Å². The Balaban J connectivity index is 1.62. The average molecular weight is 417 g/mol. The van der Waals surface area contributed by atoms with Gasteiger partial charge in [0, 0.05) is 24.7 Å². The van der Waals surface area contributed by atoms with Crippen molar-refractivity contribution in [2.24, 2.45) is 0 Å². The molecule has 31 heavy (non-hydrogen) atoms. The van der Waals surface area contributed by atoms with Crippen LogP contribution in [0.3, 0.4) is 0 Å². The Hall–Kier alpha value is -3.15. The fourth-order valence-electron chi connectivity index (χ4n) is 4.78. The predicted octanol–water partition coefficient (Wildman–Crippen LogP) is 3.97. The molecular weight excluding hydrogens is 388 g/mol. The zero-order valence-electron chi connectivity index (χ0n) is 17.9. The van der Waals surface area contributed by atoms with Crippen LogP contribution in [0.25, 0.3) is 16.6 Å². The Morgan fingerprint density at radius 2 is 1.81 bits per heavy atom. The molecule has 5 rings (SSSR count). The summed E-state index contributed by atoms with van der Waals surface area (Å²) in [6, 6.07) is 13.5. The first kappa shape index (κ1) is 19.8. The zero-order chi connectivity index (χ0) is 21.4. The number of carbonyl (C=O) groups excluding carboxylic acids is 1. The number of aryl methyl sites for hydroxylation is 1. The molecule has 6 nitrogen and oxygen atoms in total. The third-order valence-electron chi connectivity index (χ3n) is 6.45. The number of rotatable bonds is 4. The van der Waals surface area contributed by atoms with Crippen LogP contribution in [0.4, 0.5) is 5.95 Å². The van der Waals surface area contributed by atoms with Gasteiger partial charge in [0.2, 0.25) is 5.95 Å². The number of aromatic nitrogens is 2. The van der Waals surface area contributed by atoms with Crippen molar-refractivity contribution in [1.82, 2.24) is 14.9 Å². The van der Waals surface area contributed by atoms with E-state index in [-0.39, 0.29) is 17.5 Å². The Kier molecular flexibility index (Phi) is 5.22. The molecule has 2 heterocycles. The molecule has 2 aliphatic rings. The molecule has 1 N–H and O–H groups in total. The van der Waals surface area contributed by atoms with Gasteiger partial charge in [-0.05, 0) is 68.5 Å². The van der Waals surface area contributed by atoms with Gasteiger partial charge in [0.1, 0.15) is 0 Å². The van der Waals surface area contributed by atoms with E-state index in [1.165, 1.54) is 12.8 Å². The van der Waals surface area contributed by atoms with E-state index in [1.807, 2.05) is 31.2 Å². The third kappa shape index (κ3) is 3.82. The molecule has 1 aliphatic carbocycles. The van der Waals surface area contributed by atoms with Gasteiger partial charge in [-0.1, -0.05) is 25.0 Å². The molecule has 1 saturated heterocycles. The van der Waals surface area contributed by atoms with Crippen molar-refractivity contribution in [3.05, 3.63) is 63.9 Å². The topological polar surface area (TPSA) is 67.2 Å². The maximum atomic E-state index is 13.6. The van der Waals surface area contributed by atoms with Crippen molar-refractivity contribution in [3.8, 4) is 5.69 Å². The van der Waals surface area contributed by atoms with Crippen LogP contribution in [0.1, 0.15) is 54.4 Å². The van der Waals surface area contributed by atoms with E-state index in [9.17, 15) is 9.59 Å². The van der Waals surface area contributed by atoms with Crippen LogP contribution in [0.5, 0.6) is 0 Å². The van der Waals surface area contributed by atoms with Crippen molar-refractivity contribution in [2.45, 2.75) is 51.5 Å². The van der Waals surface area contributed by atoms with E-state index < -0.39 is 0 Å². The molecule has 0 radical (unpaired) electrons. The second kappa shape index (κ2) is 8.17. The number of nitrogens with one attached hydrogen (secondary N) is 1. The van der Waals surface area contributed by atoms with Crippen LogP contribution in [0.15, 0.2) is 47.3 Å². The number of hydrogen-bond donors (Lipinski definition) is 1. The van der Waals surface area contributed by atoms with E-state index in [1.54, 1.807) is 22.8 Å². The molecule has 1 amide bonds. The van der Waals surface area contributed by atoms with Gasteiger partial charge in [-0.15, -0.1) is 0 Å². The zero-order valence-corrected chi connectivity index (χ0v) is 17.9. The summed E-state index contributed by atoms with van der Waals surface area (Å²) >= 11 is 0. The Labute approximate surface area is 181 Å². The summed E-state index contributed by atoms with van der Waals surface area (Å²) < 4.78 is 1.72. The van der Waals surface area contributed by atoms with Crippen molar-refractivity contribution in [1.29, 1.82) is 0 Å². The van der Waals surface area contributed by atoms with Crippen LogP contribution in [0, 0.1) is 6.92 Å². The van der Waals surface area contributed by atoms with Crippen molar-refractivity contribution >= 4 is 22.8 Å². The molecule has 6 heteroatoms. The minimum atomic E-state index is -0.0970. The summed E-state index contributed by atoms with van der Waals surface area (Å²) in [6.07, 6.45) is 6.59. The molecule has 1 aromatic heterocycles. The molecule has 2 fully saturated rings. The first-order valence-electron chi connectivity index (χ1n) is 11.3. The summed E-state index contributed by atoms with van der Waals surface area (Å²) in [5.74, 6) is 0.579. The van der Waals surface area contributed by atoms with Crippen molar-refractivity contribution in [3.63, 3.8) is 0 Å². The number of fused-ring (bicyclic) bond motifs is 1. The number of anilines is 1. The van der Waals surface area contributed by atoms with E-state index in [2.05, 4.69) is 10.2 Å². The van der Waals surface area contributed by atoms with E-state index in [0.717, 1.165) is 50.0 Å². The fraction of sp³-hybridized carbons (Fsp3) is 0.400. The van der Waals surface area contributed by atoms with E-state index >= 15 is 0 Å². The van der Waals surface area contributed by atoms with Gasteiger partial charge in [0.25, 0.3) is 11.5 Å². The number of hydrogen-bond acceptors (Lipinski definition) is 4. The number of amides is 1. The van der Waals surface area contributed by atoms with Crippen LogP contribution >= 0.6 is 0 Å². The Morgan fingerprint density at radius 3 is 2.55 bits per heavy atom. The minimum Gasteiger partial charge on any atom is -0.349 e. The molecular formula is C25H28N4O2. The Morgan fingerprint density at radius 1 is 1.03 bits per heavy atom. The molecule has 3 aromatic rings. The molecule has 0 bridgehead atoms. The second-order valence-corrected chi connectivity index (χ2v) is 8.77. The molecule has 1 saturated carbocycles. The first-order chi connectivity index (χ1) is 15.1.